The number of ether oxygens (including phenoxy) is 2. The zero-order valence-electron chi connectivity index (χ0n) is 22.9. The third-order valence-corrected chi connectivity index (χ3v) is 7.33. The number of Topliss-reactive ketones (excluding diaryl/α,β-unsaturated/α-hetero) is 1. The first kappa shape index (κ1) is 29.5. The molecule has 1 aromatic carbocycles. The van der Waals surface area contributed by atoms with E-state index >= 15 is 0 Å². The standard InChI is InChI=1S/C30H38BrN3O4/c1-6-10-20-13-24-28(25(35)14-20)27(22(17-32)19(5)34-24)21-15-23(31)29(26(16-21)37-7-2)38-12-9-8-11-33-30(36)18(3)4/h8-9,13,15-16,18-19,22,27,34H,6-7,10-12,14H2,1-5H3,(H,33,36)/b9-8+. The summed E-state index contributed by atoms with van der Waals surface area (Å²) in [5, 5.41) is 16.4. The third kappa shape index (κ3) is 6.87. The first-order chi connectivity index (χ1) is 18.2. The van der Waals surface area contributed by atoms with Gasteiger partial charge in [-0.2, -0.15) is 5.26 Å². The van der Waals surface area contributed by atoms with E-state index in [4.69, 9.17) is 9.47 Å². The molecule has 0 spiro atoms. The van der Waals surface area contributed by atoms with E-state index in [-0.39, 0.29) is 29.6 Å². The molecule has 2 aliphatic rings. The summed E-state index contributed by atoms with van der Waals surface area (Å²) in [6, 6.07) is 6.15. The molecule has 0 fully saturated rings. The van der Waals surface area contributed by atoms with Crippen molar-refractivity contribution >= 4 is 27.6 Å². The van der Waals surface area contributed by atoms with Crippen LogP contribution < -0.4 is 20.1 Å². The molecule has 3 unspecified atom stereocenters. The molecular weight excluding hydrogens is 546 g/mol. The number of halogens is 1. The summed E-state index contributed by atoms with van der Waals surface area (Å²) in [4.78, 5) is 25.1. The van der Waals surface area contributed by atoms with Crippen LogP contribution in [-0.2, 0) is 9.59 Å². The summed E-state index contributed by atoms with van der Waals surface area (Å²) in [6.45, 7) is 10.9. The van der Waals surface area contributed by atoms with Gasteiger partial charge in [0.25, 0.3) is 0 Å². The van der Waals surface area contributed by atoms with Gasteiger partial charge in [-0.3, -0.25) is 9.59 Å². The first-order valence-electron chi connectivity index (χ1n) is 13.4. The first-order valence-corrected chi connectivity index (χ1v) is 14.2. The van der Waals surface area contributed by atoms with E-state index in [9.17, 15) is 14.9 Å². The molecule has 3 atom stereocenters. The van der Waals surface area contributed by atoms with Gasteiger partial charge in [-0.15, -0.1) is 0 Å². The Labute approximate surface area is 234 Å². The Hall–Kier alpha value is -3.05. The highest BCUT2D eigenvalue weighted by Gasteiger charge is 2.41. The number of carbonyl (C=O) groups is 2. The number of benzene rings is 1. The topological polar surface area (TPSA) is 100 Å². The summed E-state index contributed by atoms with van der Waals surface area (Å²) in [7, 11) is 0. The molecule has 1 heterocycles. The average Bonchev–Trinajstić information content (AvgIpc) is 2.86. The third-order valence-electron chi connectivity index (χ3n) is 6.74. The zero-order chi connectivity index (χ0) is 27.8. The van der Waals surface area contributed by atoms with Crippen molar-refractivity contribution in [3.63, 3.8) is 0 Å². The van der Waals surface area contributed by atoms with Crippen LogP contribution in [0.2, 0.25) is 0 Å². The number of ketones is 1. The lowest BCUT2D eigenvalue weighted by molar-refractivity contribution is -0.123. The van der Waals surface area contributed by atoms with E-state index < -0.39 is 5.92 Å². The normalized spacial score (nSPS) is 21.1. The van der Waals surface area contributed by atoms with Gasteiger partial charge >= 0.3 is 0 Å². The maximum absolute atomic E-state index is 13.4. The molecule has 1 amide bonds. The molecule has 1 aromatic rings. The summed E-state index contributed by atoms with van der Waals surface area (Å²) in [5.74, 6) is 0.312. The summed E-state index contributed by atoms with van der Waals surface area (Å²) < 4.78 is 12.7. The second-order valence-electron chi connectivity index (χ2n) is 9.99. The summed E-state index contributed by atoms with van der Waals surface area (Å²) in [6.07, 6.45) is 8.05. The van der Waals surface area contributed by atoms with Gasteiger partial charge in [0.15, 0.2) is 17.3 Å². The Balaban J connectivity index is 1.91. The van der Waals surface area contributed by atoms with Crippen LogP contribution in [0.3, 0.4) is 0 Å². The maximum Gasteiger partial charge on any atom is 0.222 e. The number of amides is 1. The zero-order valence-corrected chi connectivity index (χ0v) is 24.5. The Morgan fingerprint density at radius 2 is 2.05 bits per heavy atom. The maximum atomic E-state index is 13.4. The fourth-order valence-electron chi connectivity index (χ4n) is 4.91. The van der Waals surface area contributed by atoms with Crippen molar-refractivity contribution in [2.45, 2.75) is 65.8 Å². The van der Waals surface area contributed by atoms with E-state index in [1.54, 1.807) is 0 Å². The number of nitrogens with one attached hydrogen (secondary N) is 2. The van der Waals surface area contributed by atoms with E-state index in [0.717, 1.165) is 29.7 Å². The molecule has 2 N–H and O–H groups in total. The van der Waals surface area contributed by atoms with Crippen molar-refractivity contribution < 1.29 is 19.1 Å². The fraction of sp³-hybridized carbons (Fsp3) is 0.500. The molecular formula is C30H38BrN3O4. The van der Waals surface area contributed by atoms with Crippen LogP contribution >= 0.6 is 15.9 Å². The number of nitrogens with zero attached hydrogens (tertiary/aromatic N) is 1. The molecule has 0 saturated carbocycles. The summed E-state index contributed by atoms with van der Waals surface area (Å²) >= 11 is 3.65. The monoisotopic (exact) mass is 583 g/mol. The SMILES string of the molecule is CCCC1=CC2=C(C(=O)C1)C(c1cc(Br)c(OC/C=C/CNC(=O)C(C)C)c(OCC)c1)C(C#N)C(C)N2. The van der Waals surface area contributed by atoms with Gasteiger partial charge in [-0.25, -0.2) is 0 Å². The molecule has 0 bridgehead atoms. The average molecular weight is 585 g/mol. The predicted octanol–water partition coefficient (Wildman–Crippen LogP) is 5.72. The number of carbonyl (C=O) groups excluding carboxylic acids is 2. The van der Waals surface area contributed by atoms with Gasteiger partial charge in [0.2, 0.25) is 5.91 Å². The molecule has 8 heteroatoms. The van der Waals surface area contributed by atoms with Crippen molar-refractivity contribution in [2.75, 3.05) is 19.8 Å². The number of allylic oxidation sites excluding steroid dienone is 3. The lowest BCUT2D eigenvalue weighted by Crippen LogP contribution is -2.44. The van der Waals surface area contributed by atoms with Crippen LogP contribution in [0.5, 0.6) is 11.5 Å². The highest BCUT2D eigenvalue weighted by molar-refractivity contribution is 9.10. The van der Waals surface area contributed by atoms with Crippen LogP contribution in [0.4, 0.5) is 0 Å². The van der Waals surface area contributed by atoms with E-state index in [2.05, 4.69) is 45.6 Å². The van der Waals surface area contributed by atoms with E-state index in [1.807, 2.05) is 52.0 Å². The van der Waals surface area contributed by atoms with Crippen molar-refractivity contribution in [3.05, 3.63) is 57.2 Å². The van der Waals surface area contributed by atoms with Crippen LogP contribution in [0, 0.1) is 23.2 Å². The highest BCUT2D eigenvalue weighted by Crippen LogP contribution is 2.46. The molecule has 1 aliphatic carbocycles. The Bertz CT molecular complexity index is 1180. The lowest BCUT2D eigenvalue weighted by atomic mass is 9.70. The van der Waals surface area contributed by atoms with Gasteiger partial charge in [-0.05, 0) is 66.0 Å². The molecule has 3 rings (SSSR count). The van der Waals surface area contributed by atoms with Crippen molar-refractivity contribution in [3.8, 4) is 17.6 Å². The van der Waals surface area contributed by atoms with Gasteiger partial charge in [0, 0.05) is 42.1 Å². The lowest BCUT2D eigenvalue weighted by Gasteiger charge is -2.38. The predicted molar refractivity (Wildman–Crippen MR) is 152 cm³/mol. The summed E-state index contributed by atoms with van der Waals surface area (Å²) in [5.41, 5.74) is 3.47. The van der Waals surface area contributed by atoms with Crippen molar-refractivity contribution in [1.82, 2.24) is 10.6 Å². The van der Waals surface area contributed by atoms with Gasteiger partial charge in [0.05, 0.1) is 23.1 Å². The second kappa shape index (κ2) is 13.7. The van der Waals surface area contributed by atoms with Crippen LogP contribution in [0.1, 0.15) is 65.4 Å². The van der Waals surface area contributed by atoms with Crippen molar-refractivity contribution in [1.29, 1.82) is 5.26 Å². The smallest absolute Gasteiger partial charge is 0.222 e. The second-order valence-corrected chi connectivity index (χ2v) is 10.8. The molecule has 38 heavy (non-hydrogen) atoms. The minimum absolute atomic E-state index is 0.00207. The molecule has 0 aromatic heterocycles. The number of hydrogen-bond donors (Lipinski definition) is 2. The molecule has 0 radical (unpaired) electrons. The van der Waals surface area contributed by atoms with Gasteiger partial charge in [-0.1, -0.05) is 38.8 Å². The van der Waals surface area contributed by atoms with E-state index in [0.29, 0.717) is 47.7 Å². The van der Waals surface area contributed by atoms with Crippen molar-refractivity contribution in [2.24, 2.45) is 11.8 Å². The largest absolute Gasteiger partial charge is 0.490 e. The molecule has 1 aliphatic heterocycles. The number of hydrogen-bond acceptors (Lipinski definition) is 6. The van der Waals surface area contributed by atoms with Crippen LogP contribution in [0.25, 0.3) is 0 Å². The minimum Gasteiger partial charge on any atom is -0.490 e. The quantitative estimate of drug-likeness (QED) is 0.323. The number of rotatable bonds is 11. The number of nitriles is 1. The molecule has 7 nitrogen and oxygen atoms in total. The van der Waals surface area contributed by atoms with Crippen LogP contribution in [-0.4, -0.2) is 37.5 Å². The van der Waals surface area contributed by atoms with Crippen LogP contribution in [0.15, 0.2) is 51.7 Å². The van der Waals surface area contributed by atoms with E-state index in [1.165, 1.54) is 0 Å². The van der Waals surface area contributed by atoms with Gasteiger partial charge < -0.3 is 20.1 Å². The fourth-order valence-corrected chi connectivity index (χ4v) is 5.48. The molecule has 204 valence electrons. The minimum atomic E-state index is -0.420. The Morgan fingerprint density at radius 3 is 2.71 bits per heavy atom. The van der Waals surface area contributed by atoms with Gasteiger partial charge in [0.1, 0.15) is 6.61 Å². The Kier molecular flexibility index (Phi) is 10.6. The highest BCUT2D eigenvalue weighted by atomic mass is 79.9. The molecule has 0 saturated heterocycles. The Morgan fingerprint density at radius 1 is 1.29 bits per heavy atom.